The molecule has 144 valence electrons. The highest BCUT2D eigenvalue weighted by molar-refractivity contribution is 5.85. The molecule has 6 nitrogen and oxygen atoms in total. The lowest BCUT2D eigenvalue weighted by Crippen LogP contribution is -2.34. The maximum atomic E-state index is 6.45. The summed E-state index contributed by atoms with van der Waals surface area (Å²) in [6, 6.07) is 16.3. The Morgan fingerprint density at radius 1 is 1.04 bits per heavy atom. The quantitative estimate of drug-likeness (QED) is 0.550. The highest BCUT2D eigenvalue weighted by Gasteiger charge is 2.36. The first-order chi connectivity index (χ1) is 13.1. The van der Waals surface area contributed by atoms with E-state index in [0.29, 0.717) is 11.7 Å². The Morgan fingerprint density at radius 2 is 1.79 bits per heavy atom. The molecule has 0 bridgehead atoms. The van der Waals surface area contributed by atoms with Crippen molar-refractivity contribution in [1.29, 1.82) is 0 Å². The third-order valence-electron chi connectivity index (χ3n) is 5.45. The summed E-state index contributed by atoms with van der Waals surface area (Å²) in [7, 11) is 0. The smallest absolute Gasteiger partial charge is 0.258 e. The molecular weight excluding hydrogens is 374 g/mol. The van der Waals surface area contributed by atoms with Gasteiger partial charge in [-0.05, 0) is 50.1 Å². The number of nitrogens with zero attached hydrogens (tertiary/aromatic N) is 4. The van der Waals surface area contributed by atoms with Gasteiger partial charge in [0, 0.05) is 11.3 Å². The monoisotopic (exact) mass is 395 g/mol. The molecule has 0 saturated heterocycles. The van der Waals surface area contributed by atoms with Gasteiger partial charge >= 0.3 is 0 Å². The van der Waals surface area contributed by atoms with E-state index in [1.807, 2.05) is 37.3 Å². The van der Waals surface area contributed by atoms with Crippen molar-refractivity contribution >= 4 is 23.4 Å². The lowest BCUT2D eigenvalue weighted by atomic mass is 9.99. The summed E-state index contributed by atoms with van der Waals surface area (Å²) >= 11 is 0. The van der Waals surface area contributed by atoms with Gasteiger partial charge in [0.2, 0.25) is 0 Å². The van der Waals surface area contributed by atoms with E-state index in [0.717, 1.165) is 53.8 Å². The molecule has 2 aromatic heterocycles. The lowest BCUT2D eigenvalue weighted by molar-refractivity contribution is 0.372. The van der Waals surface area contributed by atoms with Gasteiger partial charge in [0.25, 0.3) is 5.89 Å². The van der Waals surface area contributed by atoms with Gasteiger partial charge in [0.1, 0.15) is 5.82 Å². The van der Waals surface area contributed by atoms with E-state index in [1.54, 1.807) is 0 Å². The minimum atomic E-state index is -0.447. The van der Waals surface area contributed by atoms with Crippen molar-refractivity contribution in [3.63, 3.8) is 0 Å². The number of halogens is 1. The van der Waals surface area contributed by atoms with Gasteiger partial charge in [-0.1, -0.05) is 36.2 Å². The average molecular weight is 396 g/mol. The zero-order valence-corrected chi connectivity index (χ0v) is 16.4. The Balaban J connectivity index is 0.00000192. The molecule has 2 heterocycles. The molecule has 0 radical (unpaired) electrons. The molecule has 0 aliphatic heterocycles. The topological polar surface area (TPSA) is 82.8 Å². The molecule has 2 aromatic carbocycles. The van der Waals surface area contributed by atoms with Gasteiger partial charge in [-0.25, -0.2) is 4.98 Å². The Kier molecular flexibility index (Phi) is 4.69. The van der Waals surface area contributed by atoms with E-state index in [-0.39, 0.29) is 12.4 Å². The number of benzene rings is 2. The number of imidazole rings is 1. The normalized spacial score (nSPS) is 15.6. The number of rotatable bonds is 3. The molecular formula is C21H22ClN5O. The van der Waals surface area contributed by atoms with E-state index < -0.39 is 5.54 Å². The maximum absolute atomic E-state index is 6.45. The van der Waals surface area contributed by atoms with Crippen molar-refractivity contribution in [3.05, 3.63) is 60.2 Å². The van der Waals surface area contributed by atoms with Crippen LogP contribution in [0.3, 0.4) is 0 Å². The fourth-order valence-corrected chi connectivity index (χ4v) is 4.01. The van der Waals surface area contributed by atoms with Crippen LogP contribution in [-0.2, 0) is 5.54 Å². The van der Waals surface area contributed by atoms with Crippen LogP contribution < -0.4 is 5.73 Å². The highest BCUT2D eigenvalue weighted by Crippen LogP contribution is 2.35. The predicted octanol–water partition coefficient (Wildman–Crippen LogP) is 4.53. The molecule has 1 saturated carbocycles. The van der Waals surface area contributed by atoms with E-state index in [2.05, 4.69) is 32.9 Å². The number of fused-ring (bicyclic) bond motifs is 1. The second-order valence-corrected chi connectivity index (χ2v) is 7.32. The summed E-state index contributed by atoms with van der Waals surface area (Å²) in [6.45, 7) is 2.01. The zero-order valence-electron chi connectivity index (χ0n) is 15.6. The molecule has 2 N–H and O–H groups in total. The second kappa shape index (κ2) is 7.04. The molecule has 0 unspecified atom stereocenters. The van der Waals surface area contributed by atoms with E-state index in [1.165, 1.54) is 0 Å². The number of aromatic nitrogens is 4. The summed E-state index contributed by atoms with van der Waals surface area (Å²) in [5, 5.41) is 4.16. The number of nitrogens with two attached hydrogens (primary N) is 1. The highest BCUT2D eigenvalue weighted by atomic mass is 35.5. The summed E-state index contributed by atoms with van der Waals surface area (Å²) < 4.78 is 7.67. The Hall–Kier alpha value is -2.70. The van der Waals surface area contributed by atoms with Gasteiger partial charge in [-0.2, -0.15) is 4.98 Å². The van der Waals surface area contributed by atoms with Crippen LogP contribution in [0.4, 0.5) is 0 Å². The minimum Gasteiger partial charge on any atom is -0.334 e. The molecule has 0 atom stereocenters. The number of hydrogen-bond donors (Lipinski definition) is 1. The van der Waals surface area contributed by atoms with Crippen LogP contribution in [0, 0.1) is 6.92 Å². The molecule has 5 rings (SSSR count). The van der Waals surface area contributed by atoms with Crippen LogP contribution in [0.1, 0.15) is 37.3 Å². The molecule has 0 amide bonds. The van der Waals surface area contributed by atoms with Crippen LogP contribution in [0.25, 0.3) is 28.2 Å². The average Bonchev–Trinajstić information content (AvgIpc) is 3.40. The first-order valence-corrected chi connectivity index (χ1v) is 9.32. The van der Waals surface area contributed by atoms with Gasteiger partial charge in [0.05, 0.1) is 16.6 Å². The molecule has 7 heteroatoms. The summed E-state index contributed by atoms with van der Waals surface area (Å²) in [5.41, 5.74) is 9.91. The Morgan fingerprint density at radius 3 is 2.54 bits per heavy atom. The predicted molar refractivity (Wildman–Crippen MR) is 111 cm³/mol. The molecule has 4 aromatic rings. The minimum absolute atomic E-state index is 0. The standard InChI is InChI=1S/C21H21N5O.ClH/c1-14-23-17-13-15(9-10-18(17)26(14)16-7-3-2-4-8-16)19-24-20(25-27-19)21(22)11-5-6-12-21;/h2-4,7-10,13H,5-6,11-12,22H2,1H3;1H. The van der Waals surface area contributed by atoms with Crippen molar-refractivity contribution in [3.8, 4) is 17.1 Å². The Bertz CT molecular complexity index is 1110. The lowest BCUT2D eigenvalue weighted by Gasteiger charge is -2.17. The summed E-state index contributed by atoms with van der Waals surface area (Å²) in [5.74, 6) is 2.04. The van der Waals surface area contributed by atoms with Crippen molar-refractivity contribution in [2.45, 2.75) is 38.1 Å². The fourth-order valence-electron chi connectivity index (χ4n) is 4.01. The maximum Gasteiger partial charge on any atom is 0.258 e. The van der Waals surface area contributed by atoms with Crippen molar-refractivity contribution in [1.82, 2.24) is 19.7 Å². The number of hydrogen-bond acceptors (Lipinski definition) is 5. The van der Waals surface area contributed by atoms with E-state index in [9.17, 15) is 0 Å². The molecule has 1 fully saturated rings. The zero-order chi connectivity index (χ0) is 18.4. The fraction of sp³-hybridized carbons (Fsp3) is 0.286. The summed E-state index contributed by atoms with van der Waals surface area (Å²) in [6.07, 6.45) is 4.04. The third kappa shape index (κ3) is 2.99. The Labute approximate surface area is 169 Å². The molecule has 1 aliphatic rings. The van der Waals surface area contributed by atoms with Crippen molar-refractivity contribution in [2.24, 2.45) is 5.73 Å². The SMILES string of the molecule is Cc1nc2cc(-c3nc(C4(N)CCCC4)no3)ccc2n1-c1ccccc1.Cl. The van der Waals surface area contributed by atoms with Gasteiger partial charge in [0.15, 0.2) is 5.82 Å². The number of aryl methyl sites for hydroxylation is 1. The van der Waals surface area contributed by atoms with E-state index in [4.69, 9.17) is 15.2 Å². The van der Waals surface area contributed by atoms with E-state index >= 15 is 0 Å². The molecule has 28 heavy (non-hydrogen) atoms. The van der Waals surface area contributed by atoms with Crippen LogP contribution >= 0.6 is 12.4 Å². The van der Waals surface area contributed by atoms with Crippen molar-refractivity contribution in [2.75, 3.05) is 0 Å². The van der Waals surface area contributed by atoms with Crippen molar-refractivity contribution < 1.29 is 4.52 Å². The summed E-state index contributed by atoms with van der Waals surface area (Å²) in [4.78, 5) is 9.31. The van der Waals surface area contributed by atoms with Crippen LogP contribution in [0.5, 0.6) is 0 Å². The molecule has 0 spiro atoms. The van der Waals surface area contributed by atoms with Gasteiger partial charge in [-0.3, -0.25) is 4.57 Å². The van der Waals surface area contributed by atoms with Crippen LogP contribution in [-0.4, -0.2) is 19.7 Å². The largest absolute Gasteiger partial charge is 0.334 e. The third-order valence-corrected chi connectivity index (χ3v) is 5.45. The first kappa shape index (κ1) is 18.7. The van der Waals surface area contributed by atoms with Gasteiger partial charge in [-0.15, -0.1) is 12.4 Å². The van der Waals surface area contributed by atoms with Crippen LogP contribution in [0.15, 0.2) is 53.1 Å². The number of para-hydroxylation sites is 1. The first-order valence-electron chi connectivity index (χ1n) is 9.32. The van der Waals surface area contributed by atoms with Crippen LogP contribution in [0.2, 0.25) is 0 Å². The second-order valence-electron chi connectivity index (χ2n) is 7.32. The van der Waals surface area contributed by atoms with Gasteiger partial charge < -0.3 is 10.3 Å². The molecule has 1 aliphatic carbocycles.